The molecule has 0 aliphatic carbocycles. The highest BCUT2D eigenvalue weighted by Gasteiger charge is 2.21. The fourth-order valence-electron chi connectivity index (χ4n) is 17.2. The Kier molecular flexibility index (Phi) is 19.5. The SMILES string of the molecule is c1ccc(-c2cccc(-c3nc(-c4ccc(-c5cccc6sc7ccccc7c56)cc4)cc4ncccc34)c2)cc1.c1ccc(-c2nc3ccc(-c4ccc(-c5cccc6sc7ccccc7c56)cc4)cc3nc2-c2ccccc2)cc1.c1ccc(-c2nc3cccc(-c4ccc(-c5cccc6sc7ccccc7c56)cc4)c3nc2-c2ccccc2)cc1. The van der Waals surface area contributed by atoms with Crippen molar-refractivity contribution < 1.29 is 0 Å². The first-order valence-electron chi connectivity index (χ1n) is 41.3. The minimum atomic E-state index is 0.889. The van der Waals surface area contributed by atoms with Gasteiger partial charge in [0.2, 0.25) is 0 Å². The Morgan fingerprint density at radius 3 is 0.984 bits per heavy atom. The van der Waals surface area contributed by atoms with Gasteiger partial charge in [-0.05, 0) is 140 Å². The zero-order valence-electron chi connectivity index (χ0n) is 66.5. The highest BCUT2D eigenvalue weighted by molar-refractivity contribution is 7.26. The van der Waals surface area contributed by atoms with Gasteiger partial charge in [-0.25, -0.2) is 24.9 Å². The Labute approximate surface area is 723 Å². The molecule has 0 aliphatic rings. The number of hydrogen-bond donors (Lipinski definition) is 0. The average molecular weight is 1620 g/mol. The molecular weight excluding hydrogens is 1550 g/mol. The molecule has 24 aromatic rings. The zero-order chi connectivity index (χ0) is 81.5. The predicted molar refractivity (Wildman–Crippen MR) is 523 cm³/mol. The summed E-state index contributed by atoms with van der Waals surface area (Å²) in [4.78, 5) is 30.7. The quantitative estimate of drug-likeness (QED) is 0.121. The molecule has 9 heteroatoms. The van der Waals surface area contributed by atoms with Crippen LogP contribution in [0.4, 0.5) is 0 Å². The molecule has 123 heavy (non-hydrogen) atoms. The first kappa shape index (κ1) is 74.0. The van der Waals surface area contributed by atoms with Crippen LogP contribution in [0.2, 0.25) is 0 Å². The van der Waals surface area contributed by atoms with Crippen LogP contribution in [0.15, 0.2) is 437 Å². The Balaban J connectivity index is 0.000000110. The van der Waals surface area contributed by atoms with Gasteiger partial charge >= 0.3 is 0 Å². The number of aromatic nitrogens is 6. The number of pyridine rings is 2. The Morgan fingerprint density at radius 2 is 0.496 bits per heavy atom. The number of fused-ring (bicyclic) bond motifs is 12. The van der Waals surface area contributed by atoms with E-state index in [1.54, 1.807) is 0 Å². The largest absolute Gasteiger partial charge is 0.256 e. The third-order valence-electron chi connectivity index (χ3n) is 23.1. The maximum absolute atomic E-state index is 5.29. The van der Waals surface area contributed by atoms with E-state index in [4.69, 9.17) is 29.9 Å². The number of rotatable bonds is 12. The summed E-state index contributed by atoms with van der Waals surface area (Å²) in [5, 5.41) is 9.01. The molecular formula is C114H72N6S3. The van der Waals surface area contributed by atoms with Crippen LogP contribution in [0.5, 0.6) is 0 Å². The summed E-state index contributed by atoms with van der Waals surface area (Å²) in [5.74, 6) is 0. The molecule has 17 aromatic carbocycles. The van der Waals surface area contributed by atoms with Gasteiger partial charge < -0.3 is 0 Å². The Bertz CT molecular complexity index is 8030. The number of hydrogen-bond acceptors (Lipinski definition) is 9. The van der Waals surface area contributed by atoms with Crippen LogP contribution in [-0.2, 0) is 0 Å². The predicted octanol–water partition coefficient (Wildman–Crippen LogP) is 32.0. The van der Waals surface area contributed by atoms with E-state index in [1.165, 1.54) is 105 Å². The number of para-hydroxylation sites is 1. The second-order valence-electron chi connectivity index (χ2n) is 30.6. The highest BCUT2D eigenvalue weighted by atomic mass is 32.1. The lowest BCUT2D eigenvalue weighted by molar-refractivity contribution is 1.29. The molecule has 6 nitrogen and oxygen atoms in total. The Morgan fingerprint density at radius 1 is 0.163 bits per heavy atom. The second-order valence-corrected chi connectivity index (χ2v) is 33.9. The van der Waals surface area contributed by atoms with Gasteiger partial charge in [0.25, 0.3) is 0 Å². The number of nitrogens with zero attached hydrogens (tertiary/aromatic N) is 6. The van der Waals surface area contributed by atoms with E-state index >= 15 is 0 Å². The van der Waals surface area contributed by atoms with Gasteiger partial charge in [-0.1, -0.05) is 352 Å². The molecule has 0 saturated heterocycles. The van der Waals surface area contributed by atoms with Crippen LogP contribution in [0.25, 0.3) is 228 Å². The summed E-state index contributed by atoms with van der Waals surface area (Å²) in [6.07, 6.45) is 1.85. The van der Waals surface area contributed by atoms with Crippen LogP contribution >= 0.6 is 34.0 Å². The fraction of sp³-hybridized carbons (Fsp3) is 0. The molecule has 576 valence electrons. The molecule has 0 bridgehead atoms. The molecule has 0 aliphatic heterocycles. The van der Waals surface area contributed by atoms with Crippen LogP contribution in [-0.4, -0.2) is 29.9 Å². The van der Waals surface area contributed by atoms with E-state index in [9.17, 15) is 0 Å². The molecule has 0 saturated carbocycles. The Hall–Kier alpha value is -15.4. The first-order valence-corrected chi connectivity index (χ1v) is 43.7. The molecule has 7 heterocycles. The lowest BCUT2D eigenvalue weighted by Gasteiger charge is -2.13. The molecule has 0 spiro atoms. The summed E-state index contributed by atoms with van der Waals surface area (Å²) in [7, 11) is 0. The van der Waals surface area contributed by atoms with E-state index in [0.29, 0.717) is 0 Å². The topological polar surface area (TPSA) is 77.3 Å². The fourth-order valence-corrected chi connectivity index (χ4v) is 20.6. The third kappa shape index (κ3) is 14.3. The maximum Gasteiger partial charge on any atom is 0.0973 e. The molecule has 0 radical (unpaired) electrons. The van der Waals surface area contributed by atoms with E-state index in [-0.39, 0.29) is 0 Å². The van der Waals surface area contributed by atoms with Gasteiger partial charge in [-0.3, -0.25) is 4.98 Å². The average Bonchev–Trinajstić information content (AvgIpc) is 1.50. The van der Waals surface area contributed by atoms with Crippen molar-refractivity contribution >= 4 is 127 Å². The van der Waals surface area contributed by atoms with Crippen molar-refractivity contribution in [3.63, 3.8) is 0 Å². The lowest BCUT2D eigenvalue weighted by Crippen LogP contribution is -1.97. The third-order valence-corrected chi connectivity index (χ3v) is 26.5. The van der Waals surface area contributed by atoms with Crippen LogP contribution in [0.3, 0.4) is 0 Å². The summed E-state index contributed by atoms with van der Waals surface area (Å²) in [5.41, 5.74) is 30.7. The highest BCUT2D eigenvalue weighted by Crippen LogP contribution is 2.46. The smallest absolute Gasteiger partial charge is 0.0973 e. The van der Waals surface area contributed by atoms with Crippen LogP contribution in [0.1, 0.15) is 0 Å². The minimum absolute atomic E-state index is 0.889. The van der Waals surface area contributed by atoms with Crippen molar-refractivity contribution in [2.45, 2.75) is 0 Å². The monoisotopic (exact) mass is 1620 g/mol. The van der Waals surface area contributed by atoms with Crippen molar-refractivity contribution in [1.82, 2.24) is 29.9 Å². The minimum Gasteiger partial charge on any atom is -0.256 e. The number of benzene rings is 17. The lowest BCUT2D eigenvalue weighted by atomic mass is 9.96. The molecule has 0 fully saturated rings. The van der Waals surface area contributed by atoms with Crippen molar-refractivity contribution in [3.05, 3.63) is 437 Å². The normalized spacial score (nSPS) is 11.4. The van der Waals surface area contributed by atoms with E-state index in [1.807, 2.05) is 113 Å². The van der Waals surface area contributed by atoms with Gasteiger partial charge in [0, 0.05) is 111 Å². The summed E-state index contributed by atoms with van der Waals surface area (Å²) < 4.78 is 7.93. The van der Waals surface area contributed by atoms with Gasteiger partial charge in [-0.15, -0.1) is 34.0 Å². The van der Waals surface area contributed by atoms with Gasteiger partial charge in [-0.2, -0.15) is 0 Å². The van der Waals surface area contributed by atoms with Crippen molar-refractivity contribution in [2.24, 2.45) is 0 Å². The zero-order valence-corrected chi connectivity index (χ0v) is 68.9. The summed E-state index contributed by atoms with van der Waals surface area (Å²) in [6, 6.07) is 152. The van der Waals surface area contributed by atoms with E-state index in [2.05, 4.69) is 358 Å². The van der Waals surface area contributed by atoms with Crippen molar-refractivity contribution in [2.75, 3.05) is 0 Å². The van der Waals surface area contributed by atoms with Gasteiger partial charge in [0.15, 0.2) is 0 Å². The molecule has 0 unspecified atom stereocenters. The first-order chi connectivity index (χ1) is 61.0. The van der Waals surface area contributed by atoms with Crippen LogP contribution < -0.4 is 0 Å². The van der Waals surface area contributed by atoms with Crippen LogP contribution in [0, 0.1) is 0 Å². The maximum atomic E-state index is 5.29. The van der Waals surface area contributed by atoms with E-state index in [0.717, 1.165) is 123 Å². The molecule has 0 amide bonds. The van der Waals surface area contributed by atoms with Crippen molar-refractivity contribution in [3.8, 4) is 134 Å². The molecule has 0 atom stereocenters. The molecule has 7 aromatic heterocycles. The molecule has 24 rings (SSSR count). The molecule has 0 N–H and O–H groups in total. The summed E-state index contributed by atoms with van der Waals surface area (Å²) >= 11 is 5.57. The van der Waals surface area contributed by atoms with E-state index < -0.39 is 0 Å². The van der Waals surface area contributed by atoms with Gasteiger partial charge in [0.05, 0.1) is 61.7 Å². The second kappa shape index (κ2) is 32.4. The van der Waals surface area contributed by atoms with Gasteiger partial charge in [0.1, 0.15) is 0 Å². The summed E-state index contributed by atoms with van der Waals surface area (Å²) in [6.45, 7) is 0. The van der Waals surface area contributed by atoms with Crippen molar-refractivity contribution in [1.29, 1.82) is 0 Å². The number of thiophene rings is 3. The standard InChI is InChI=1S/3C38H24N2S/c1-3-11-27(12-4-1)36-37(28-13-5-2-6-14-28)40-38-30(17-9-18-32(38)39-36)26-23-21-25(22-24-26)29-16-10-20-34-35(29)31-15-7-8-19-33(31)41-34;1-3-10-27(11-4-1)37-38(28-12-5-2-6-13-28)40-33-24-29(22-23-32(33)39-37)25-18-20-26(21-19-25)30-15-9-17-35-36(30)31-14-7-8-16-34(31)41-35;1-2-9-25(10-3-1)28-11-6-12-29(23-28)38-31-15-8-22-39-34(31)24-33(40-38)27-20-18-26(19-21-27)30-14-7-17-36-37(30)32-13-4-5-16-35(32)41-36/h3*1-24H.